The molecule has 7 heteroatoms. The molecule has 0 aliphatic carbocycles. The Balaban J connectivity index is 2.90. The fourth-order valence-corrected chi connectivity index (χ4v) is 2.90. The van der Waals surface area contributed by atoms with Crippen molar-refractivity contribution in [3.8, 4) is 0 Å². The fraction of sp³-hybridized carbons (Fsp3) is 0.455. The summed E-state index contributed by atoms with van der Waals surface area (Å²) in [7, 11) is -3.59. The molecule has 0 amide bonds. The largest absolute Gasteiger partial charge is 0.398 e. The summed E-state index contributed by atoms with van der Waals surface area (Å²) >= 11 is 3.19. The molecule has 18 heavy (non-hydrogen) atoms. The van der Waals surface area contributed by atoms with Crippen molar-refractivity contribution >= 4 is 31.6 Å². The lowest BCUT2D eigenvalue weighted by atomic mass is 9.96. The van der Waals surface area contributed by atoms with Gasteiger partial charge >= 0.3 is 0 Å². The van der Waals surface area contributed by atoms with E-state index in [2.05, 4.69) is 20.7 Å². The van der Waals surface area contributed by atoms with E-state index in [4.69, 9.17) is 10.8 Å². The first kappa shape index (κ1) is 15.4. The summed E-state index contributed by atoms with van der Waals surface area (Å²) in [5, 5.41) is 9.08. The third-order valence-electron chi connectivity index (χ3n) is 2.45. The van der Waals surface area contributed by atoms with E-state index in [9.17, 15) is 8.42 Å². The molecule has 0 saturated heterocycles. The molecule has 0 unspecified atom stereocenters. The number of benzene rings is 1. The van der Waals surface area contributed by atoms with Gasteiger partial charge in [-0.2, -0.15) is 0 Å². The maximum atomic E-state index is 12.0. The Morgan fingerprint density at radius 1 is 1.44 bits per heavy atom. The molecular formula is C11H17BrN2O3S. The Labute approximate surface area is 116 Å². The number of hydrogen-bond acceptors (Lipinski definition) is 4. The normalized spacial score (nSPS) is 12.7. The number of halogens is 1. The Hall–Kier alpha value is -0.630. The zero-order valence-corrected chi connectivity index (χ0v) is 12.7. The van der Waals surface area contributed by atoms with Crippen molar-refractivity contribution in [2.75, 3.05) is 18.9 Å². The molecule has 0 spiro atoms. The molecule has 5 nitrogen and oxygen atoms in total. The summed E-state index contributed by atoms with van der Waals surface area (Å²) in [6.45, 7) is 3.61. The molecule has 0 saturated carbocycles. The number of nitrogens with two attached hydrogens (primary N) is 1. The summed E-state index contributed by atoms with van der Waals surface area (Å²) in [5.74, 6) is 0. The maximum Gasteiger partial charge on any atom is 0.240 e. The highest BCUT2D eigenvalue weighted by atomic mass is 79.9. The van der Waals surface area contributed by atoms with Crippen molar-refractivity contribution in [1.29, 1.82) is 0 Å². The van der Waals surface area contributed by atoms with Gasteiger partial charge in [0.05, 0.1) is 4.90 Å². The first-order chi connectivity index (χ1) is 8.18. The second-order valence-corrected chi connectivity index (χ2v) is 7.45. The van der Waals surface area contributed by atoms with Crippen LogP contribution in [0.15, 0.2) is 27.6 Å². The van der Waals surface area contributed by atoms with Crippen molar-refractivity contribution in [2.24, 2.45) is 5.41 Å². The topological polar surface area (TPSA) is 92.4 Å². The average molecular weight is 337 g/mol. The Bertz CT molecular complexity index is 529. The number of aliphatic hydroxyl groups is 1. The number of nitrogen functional groups attached to an aromatic ring is 1. The molecule has 1 aromatic carbocycles. The van der Waals surface area contributed by atoms with Gasteiger partial charge in [-0.25, -0.2) is 13.1 Å². The van der Waals surface area contributed by atoms with Crippen LogP contribution in [0.25, 0.3) is 0 Å². The van der Waals surface area contributed by atoms with Gasteiger partial charge in [0.2, 0.25) is 10.0 Å². The van der Waals surface area contributed by atoms with Crippen LogP contribution in [-0.4, -0.2) is 26.7 Å². The van der Waals surface area contributed by atoms with E-state index < -0.39 is 15.4 Å². The van der Waals surface area contributed by atoms with Gasteiger partial charge in [-0.1, -0.05) is 13.8 Å². The lowest BCUT2D eigenvalue weighted by molar-refractivity contribution is 0.163. The predicted octanol–water partition coefficient (Wildman–Crippen LogP) is 1.33. The Morgan fingerprint density at radius 2 is 2.06 bits per heavy atom. The van der Waals surface area contributed by atoms with Gasteiger partial charge in [0.15, 0.2) is 0 Å². The molecule has 0 fully saturated rings. The molecule has 102 valence electrons. The average Bonchev–Trinajstić information content (AvgIpc) is 2.30. The van der Waals surface area contributed by atoms with Gasteiger partial charge in [0.25, 0.3) is 0 Å². The van der Waals surface area contributed by atoms with Gasteiger partial charge in [-0.15, -0.1) is 0 Å². The summed E-state index contributed by atoms with van der Waals surface area (Å²) in [6, 6.07) is 4.41. The Morgan fingerprint density at radius 3 is 2.56 bits per heavy atom. The molecule has 0 aliphatic heterocycles. The molecule has 0 radical (unpaired) electrons. The van der Waals surface area contributed by atoms with Gasteiger partial charge < -0.3 is 10.8 Å². The SMILES string of the molecule is CC(C)(CO)CNS(=O)(=O)c1ccc(N)c(Br)c1. The number of nitrogens with one attached hydrogen (secondary N) is 1. The highest BCUT2D eigenvalue weighted by Gasteiger charge is 2.21. The van der Waals surface area contributed by atoms with Crippen LogP contribution in [0.2, 0.25) is 0 Å². The monoisotopic (exact) mass is 336 g/mol. The van der Waals surface area contributed by atoms with E-state index in [1.165, 1.54) is 18.2 Å². The van der Waals surface area contributed by atoms with Gasteiger partial charge in [-0.3, -0.25) is 0 Å². The minimum Gasteiger partial charge on any atom is -0.398 e. The van der Waals surface area contributed by atoms with Crippen molar-refractivity contribution in [1.82, 2.24) is 4.72 Å². The third kappa shape index (κ3) is 3.94. The number of rotatable bonds is 5. The first-order valence-corrected chi connectivity index (χ1v) is 7.61. The number of anilines is 1. The van der Waals surface area contributed by atoms with E-state index in [1.807, 2.05) is 0 Å². The summed E-state index contributed by atoms with van der Waals surface area (Å²) in [4.78, 5) is 0.136. The summed E-state index contributed by atoms with van der Waals surface area (Å²) in [5.41, 5.74) is 5.58. The molecular weight excluding hydrogens is 320 g/mol. The molecule has 0 atom stereocenters. The second-order valence-electron chi connectivity index (χ2n) is 4.83. The quantitative estimate of drug-likeness (QED) is 0.707. The van der Waals surface area contributed by atoms with Crippen molar-refractivity contribution < 1.29 is 13.5 Å². The molecule has 0 aromatic heterocycles. The zero-order valence-electron chi connectivity index (χ0n) is 10.3. The van der Waals surface area contributed by atoms with Gasteiger partial charge in [0, 0.05) is 28.7 Å². The minimum atomic E-state index is -3.59. The van der Waals surface area contributed by atoms with E-state index in [0.717, 1.165) is 0 Å². The van der Waals surface area contributed by atoms with E-state index in [0.29, 0.717) is 10.2 Å². The van der Waals surface area contributed by atoms with Crippen molar-refractivity contribution in [3.63, 3.8) is 0 Å². The fourth-order valence-electron chi connectivity index (χ4n) is 1.10. The van der Waals surface area contributed by atoms with Gasteiger partial charge in [-0.05, 0) is 34.1 Å². The lowest BCUT2D eigenvalue weighted by Crippen LogP contribution is -2.36. The molecule has 1 rings (SSSR count). The Kier molecular flexibility index (Phi) is 4.77. The number of hydrogen-bond donors (Lipinski definition) is 3. The van der Waals surface area contributed by atoms with Crippen LogP contribution in [-0.2, 0) is 10.0 Å². The van der Waals surface area contributed by atoms with Crippen LogP contribution in [0, 0.1) is 5.41 Å². The number of sulfonamides is 1. The highest BCUT2D eigenvalue weighted by molar-refractivity contribution is 9.10. The van der Waals surface area contributed by atoms with Crippen LogP contribution in [0.4, 0.5) is 5.69 Å². The molecule has 0 heterocycles. The zero-order chi connectivity index (χ0) is 14.0. The smallest absolute Gasteiger partial charge is 0.240 e. The molecule has 0 aliphatic rings. The summed E-state index contributed by atoms with van der Waals surface area (Å²) in [6.07, 6.45) is 0. The molecule has 4 N–H and O–H groups in total. The van der Waals surface area contributed by atoms with Crippen LogP contribution in [0.1, 0.15) is 13.8 Å². The molecule has 0 bridgehead atoms. The van der Waals surface area contributed by atoms with E-state index in [1.54, 1.807) is 13.8 Å². The van der Waals surface area contributed by atoms with E-state index >= 15 is 0 Å². The standard InChI is InChI=1S/C11H17BrN2O3S/c1-11(2,7-15)6-14-18(16,17)8-3-4-10(13)9(12)5-8/h3-5,14-15H,6-7,13H2,1-2H3. The van der Waals surface area contributed by atoms with Crippen LogP contribution < -0.4 is 10.5 Å². The summed E-state index contributed by atoms with van der Waals surface area (Å²) < 4.78 is 27.0. The van der Waals surface area contributed by atoms with E-state index in [-0.39, 0.29) is 18.0 Å². The van der Waals surface area contributed by atoms with Crippen molar-refractivity contribution in [3.05, 3.63) is 22.7 Å². The van der Waals surface area contributed by atoms with Crippen LogP contribution >= 0.6 is 15.9 Å². The first-order valence-electron chi connectivity index (χ1n) is 5.33. The second kappa shape index (κ2) is 5.56. The predicted molar refractivity (Wildman–Crippen MR) is 74.6 cm³/mol. The van der Waals surface area contributed by atoms with Crippen molar-refractivity contribution in [2.45, 2.75) is 18.7 Å². The number of aliphatic hydroxyl groups excluding tert-OH is 1. The van der Waals surface area contributed by atoms with Crippen LogP contribution in [0.3, 0.4) is 0 Å². The molecule has 1 aromatic rings. The van der Waals surface area contributed by atoms with Gasteiger partial charge in [0.1, 0.15) is 0 Å². The minimum absolute atomic E-state index is 0.0963. The highest BCUT2D eigenvalue weighted by Crippen LogP contribution is 2.23. The lowest BCUT2D eigenvalue weighted by Gasteiger charge is -2.21. The van der Waals surface area contributed by atoms with Crippen LogP contribution in [0.5, 0.6) is 0 Å². The third-order valence-corrected chi connectivity index (χ3v) is 4.54. The maximum absolute atomic E-state index is 12.0.